The molecule has 0 radical (unpaired) electrons. The van der Waals surface area contributed by atoms with E-state index in [4.69, 9.17) is 9.47 Å². The molecule has 1 aromatic heterocycles. The Hall–Kier alpha value is -0.910. The Morgan fingerprint density at radius 2 is 1.94 bits per heavy atom. The summed E-state index contributed by atoms with van der Waals surface area (Å²) >= 11 is 0. The molecule has 1 aromatic rings. The summed E-state index contributed by atoms with van der Waals surface area (Å²) in [6.45, 7) is 9.18. The largest absolute Gasteiger partial charge is 0.354 e. The van der Waals surface area contributed by atoms with Crippen molar-refractivity contribution in [3.63, 3.8) is 0 Å². The van der Waals surface area contributed by atoms with Crippen LogP contribution in [-0.2, 0) is 21.6 Å². The lowest BCUT2D eigenvalue weighted by molar-refractivity contribution is -0.119. The number of rotatable bonds is 6. The van der Waals surface area contributed by atoms with Crippen LogP contribution < -0.4 is 5.32 Å². The highest BCUT2D eigenvalue weighted by Crippen LogP contribution is 2.13. The van der Waals surface area contributed by atoms with Crippen LogP contribution in [0.5, 0.6) is 0 Å². The standard InChI is InChI=1S/C13H25N3O2/c1-10(12(17-5)18-6)14-7-11-8-15-16(9-11)13(2,3)4/h8-10,12,14H,7H2,1-6H3. The van der Waals surface area contributed by atoms with Gasteiger partial charge in [-0.3, -0.25) is 4.68 Å². The number of aromatic nitrogens is 2. The first-order chi connectivity index (χ1) is 8.38. The minimum absolute atomic E-state index is 0.0193. The lowest BCUT2D eigenvalue weighted by Crippen LogP contribution is -2.39. The molecule has 0 aliphatic carbocycles. The van der Waals surface area contributed by atoms with E-state index in [-0.39, 0.29) is 17.9 Å². The minimum Gasteiger partial charge on any atom is -0.354 e. The molecule has 0 aliphatic rings. The molecule has 5 nitrogen and oxygen atoms in total. The number of hydrogen-bond donors (Lipinski definition) is 1. The van der Waals surface area contributed by atoms with E-state index in [1.165, 1.54) is 0 Å². The average molecular weight is 255 g/mol. The van der Waals surface area contributed by atoms with Crippen molar-refractivity contribution < 1.29 is 9.47 Å². The highest BCUT2D eigenvalue weighted by molar-refractivity contribution is 5.05. The van der Waals surface area contributed by atoms with Crippen LogP contribution in [0.3, 0.4) is 0 Å². The molecule has 1 heterocycles. The number of methoxy groups -OCH3 is 2. The van der Waals surface area contributed by atoms with Crippen molar-refractivity contribution in [2.45, 2.75) is 52.1 Å². The van der Waals surface area contributed by atoms with Gasteiger partial charge in [0, 0.05) is 32.5 Å². The second kappa shape index (κ2) is 6.31. The van der Waals surface area contributed by atoms with Gasteiger partial charge in [0.15, 0.2) is 6.29 Å². The van der Waals surface area contributed by atoms with Gasteiger partial charge >= 0.3 is 0 Å². The highest BCUT2D eigenvalue weighted by Gasteiger charge is 2.17. The zero-order valence-electron chi connectivity index (χ0n) is 12.2. The lowest BCUT2D eigenvalue weighted by atomic mass is 10.1. The number of nitrogens with one attached hydrogen (secondary N) is 1. The predicted octanol–water partition coefficient (Wildman–Crippen LogP) is 1.74. The Bertz CT molecular complexity index is 353. The van der Waals surface area contributed by atoms with Crippen molar-refractivity contribution in [3.05, 3.63) is 18.0 Å². The molecule has 0 aliphatic heterocycles. The summed E-state index contributed by atoms with van der Waals surface area (Å²) in [5.41, 5.74) is 1.17. The van der Waals surface area contributed by atoms with Crippen molar-refractivity contribution in [2.24, 2.45) is 0 Å². The van der Waals surface area contributed by atoms with Gasteiger partial charge < -0.3 is 14.8 Å². The van der Waals surface area contributed by atoms with E-state index in [1.54, 1.807) is 14.2 Å². The summed E-state index contributed by atoms with van der Waals surface area (Å²) in [7, 11) is 3.29. The number of hydrogen-bond acceptors (Lipinski definition) is 4. The molecule has 104 valence electrons. The second-order valence-electron chi connectivity index (χ2n) is 5.47. The van der Waals surface area contributed by atoms with Crippen molar-refractivity contribution in [2.75, 3.05) is 14.2 Å². The Morgan fingerprint density at radius 1 is 1.33 bits per heavy atom. The quantitative estimate of drug-likeness (QED) is 0.787. The fraction of sp³-hybridized carbons (Fsp3) is 0.769. The molecule has 0 saturated heterocycles. The molecular formula is C13H25N3O2. The van der Waals surface area contributed by atoms with E-state index in [1.807, 2.05) is 17.8 Å². The molecule has 1 N–H and O–H groups in total. The summed E-state index contributed by atoms with van der Waals surface area (Å²) in [6, 6.07) is 0.123. The molecular weight excluding hydrogens is 230 g/mol. The molecule has 0 bridgehead atoms. The fourth-order valence-electron chi connectivity index (χ4n) is 1.70. The molecule has 0 saturated carbocycles. The zero-order chi connectivity index (χ0) is 13.8. The van der Waals surface area contributed by atoms with E-state index in [9.17, 15) is 0 Å². The monoisotopic (exact) mass is 255 g/mol. The van der Waals surface area contributed by atoms with Crippen LogP contribution in [0.15, 0.2) is 12.4 Å². The topological polar surface area (TPSA) is 48.3 Å². The first-order valence-electron chi connectivity index (χ1n) is 6.21. The third-order valence-corrected chi connectivity index (χ3v) is 2.82. The van der Waals surface area contributed by atoms with Crippen LogP contribution in [0.2, 0.25) is 0 Å². The van der Waals surface area contributed by atoms with Gasteiger partial charge in [0.25, 0.3) is 0 Å². The third kappa shape index (κ3) is 4.08. The molecule has 1 atom stereocenters. The minimum atomic E-state index is -0.234. The van der Waals surface area contributed by atoms with E-state index in [2.05, 4.69) is 37.4 Å². The van der Waals surface area contributed by atoms with Crippen LogP contribution in [0.25, 0.3) is 0 Å². The van der Waals surface area contributed by atoms with Gasteiger partial charge in [-0.05, 0) is 27.7 Å². The summed E-state index contributed by atoms with van der Waals surface area (Å²) in [5, 5.41) is 7.73. The Labute approximate surface area is 109 Å². The zero-order valence-corrected chi connectivity index (χ0v) is 12.2. The first-order valence-corrected chi connectivity index (χ1v) is 6.21. The molecule has 0 amide bonds. The fourth-order valence-corrected chi connectivity index (χ4v) is 1.70. The smallest absolute Gasteiger partial charge is 0.171 e. The molecule has 0 spiro atoms. The van der Waals surface area contributed by atoms with Crippen molar-refractivity contribution in [3.8, 4) is 0 Å². The molecule has 0 aromatic carbocycles. The lowest BCUT2D eigenvalue weighted by Gasteiger charge is -2.22. The second-order valence-corrected chi connectivity index (χ2v) is 5.47. The average Bonchev–Trinajstić information content (AvgIpc) is 2.76. The van der Waals surface area contributed by atoms with Gasteiger partial charge in [0.2, 0.25) is 0 Å². The summed E-state index contributed by atoms with van der Waals surface area (Å²) in [6.07, 6.45) is 3.72. The van der Waals surface area contributed by atoms with Gasteiger partial charge in [-0.15, -0.1) is 0 Å². The van der Waals surface area contributed by atoms with Gasteiger partial charge in [-0.1, -0.05) is 0 Å². The van der Waals surface area contributed by atoms with E-state index in [0.29, 0.717) is 0 Å². The number of nitrogens with zero attached hydrogens (tertiary/aromatic N) is 2. The van der Waals surface area contributed by atoms with E-state index >= 15 is 0 Å². The molecule has 1 unspecified atom stereocenters. The predicted molar refractivity (Wildman–Crippen MR) is 71.3 cm³/mol. The molecule has 5 heteroatoms. The molecule has 0 fully saturated rings. The van der Waals surface area contributed by atoms with E-state index in [0.717, 1.165) is 12.1 Å². The maximum Gasteiger partial charge on any atom is 0.171 e. The van der Waals surface area contributed by atoms with Crippen LogP contribution >= 0.6 is 0 Å². The summed E-state index contributed by atoms with van der Waals surface area (Å²) < 4.78 is 12.4. The van der Waals surface area contributed by atoms with Crippen LogP contribution in [0.1, 0.15) is 33.3 Å². The van der Waals surface area contributed by atoms with Gasteiger partial charge in [0.05, 0.1) is 17.8 Å². The van der Waals surface area contributed by atoms with Crippen LogP contribution in [-0.4, -0.2) is 36.3 Å². The maximum atomic E-state index is 5.20. The van der Waals surface area contributed by atoms with Crippen LogP contribution in [0.4, 0.5) is 0 Å². The molecule has 18 heavy (non-hydrogen) atoms. The van der Waals surface area contributed by atoms with E-state index < -0.39 is 0 Å². The van der Waals surface area contributed by atoms with Gasteiger partial charge in [-0.2, -0.15) is 5.10 Å². The maximum absolute atomic E-state index is 5.20. The Balaban J connectivity index is 2.51. The van der Waals surface area contributed by atoms with Gasteiger partial charge in [-0.25, -0.2) is 0 Å². The first kappa shape index (κ1) is 15.1. The Kier molecular flexibility index (Phi) is 5.31. The SMILES string of the molecule is COC(OC)C(C)NCc1cnn(C(C)(C)C)c1. The van der Waals surface area contributed by atoms with Crippen LogP contribution in [0, 0.1) is 0 Å². The Morgan fingerprint density at radius 3 is 2.39 bits per heavy atom. The van der Waals surface area contributed by atoms with Crippen molar-refractivity contribution in [1.29, 1.82) is 0 Å². The molecule has 1 rings (SSSR count). The van der Waals surface area contributed by atoms with Crippen molar-refractivity contribution in [1.82, 2.24) is 15.1 Å². The summed E-state index contributed by atoms with van der Waals surface area (Å²) in [4.78, 5) is 0. The normalized spacial score (nSPS) is 14.2. The number of ether oxygens (including phenoxy) is 2. The van der Waals surface area contributed by atoms with Crippen molar-refractivity contribution >= 4 is 0 Å². The highest BCUT2D eigenvalue weighted by atomic mass is 16.7. The third-order valence-electron chi connectivity index (χ3n) is 2.82. The van der Waals surface area contributed by atoms with Gasteiger partial charge in [0.1, 0.15) is 0 Å². The summed E-state index contributed by atoms with van der Waals surface area (Å²) in [5.74, 6) is 0.